The zero-order valence-corrected chi connectivity index (χ0v) is 39.3. The molecule has 2 saturated heterocycles. The second-order valence-corrected chi connectivity index (χ2v) is 18.2. The molecule has 0 bridgehead atoms. The first-order valence-electron chi connectivity index (χ1n) is 22.5. The summed E-state index contributed by atoms with van der Waals surface area (Å²) in [7, 11) is 0. The molecule has 0 unspecified atom stereocenters. The summed E-state index contributed by atoms with van der Waals surface area (Å²) in [6, 6.07) is 12.3. The highest BCUT2D eigenvalue weighted by Crippen LogP contribution is 2.37. The first-order valence-corrected chi connectivity index (χ1v) is 24.3. The van der Waals surface area contributed by atoms with Crippen LogP contribution >= 0.6 is 35.0 Å². The Hall–Kier alpha value is -4.39. The second-order valence-electron chi connectivity index (χ2n) is 16.1. The van der Waals surface area contributed by atoms with Gasteiger partial charge in [0.2, 0.25) is 17.7 Å². The van der Waals surface area contributed by atoms with Crippen LogP contribution < -0.4 is 32.1 Å². The molecule has 3 aromatic rings. The van der Waals surface area contributed by atoms with Crippen LogP contribution in [0, 0.1) is 0 Å². The molecule has 65 heavy (non-hydrogen) atoms. The maximum atomic E-state index is 14.2. The minimum absolute atomic E-state index is 0.0147. The average Bonchev–Trinajstić information content (AvgIpc) is 3.84. The number of rotatable bonds is 30. The van der Waals surface area contributed by atoms with Crippen molar-refractivity contribution in [1.82, 2.24) is 31.2 Å². The summed E-state index contributed by atoms with van der Waals surface area (Å²) in [4.78, 5) is 75.6. The Kier molecular flexibility index (Phi) is 21.7. The summed E-state index contributed by atoms with van der Waals surface area (Å²) in [6.07, 6.45) is 5.30. The van der Waals surface area contributed by atoms with Crippen LogP contribution in [-0.2, 0) is 39.9 Å². The maximum Gasteiger partial charge on any atom is 0.315 e. The third-order valence-electron chi connectivity index (χ3n) is 11.3. The van der Waals surface area contributed by atoms with Gasteiger partial charge in [-0.3, -0.25) is 24.0 Å². The number of hydrogen-bond acceptors (Lipinski definition) is 10. The van der Waals surface area contributed by atoms with Gasteiger partial charge in [0, 0.05) is 96.2 Å². The van der Waals surface area contributed by atoms with Gasteiger partial charge < -0.3 is 50.5 Å². The molecule has 2 aliphatic heterocycles. The summed E-state index contributed by atoms with van der Waals surface area (Å²) in [5, 5.41) is 26.7. The number of carbonyl (C=O) groups is 5. The lowest BCUT2D eigenvalue weighted by Crippen LogP contribution is -2.36. The van der Waals surface area contributed by atoms with E-state index in [9.17, 15) is 33.9 Å². The first kappa shape index (κ1) is 51.6. The highest BCUT2D eigenvalue weighted by Gasteiger charge is 2.42. The van der Waals surface area contributed by atoms with Crippen molar-refractivity contribution in [2.24, 2.45) is 0 Å². The van der Waals surface area contributed by atoms with Gasteiger partial charge in [-0.1, -0.05) is 55.1 Å². The summed E-state index contributed by atoms with van der Waals surface area (Å²) in [5.41, 5.74) is 1.33. The minimum atomic E-state index is -1.11. The number of fused-ring (bicyclic) bond motifs is 2. The molecule has 0 spiro atoms. The molecule has 4 atom stereocenters. The van der Waals surface area contributed by atoms with E-state index in [1.165, 1.54) is 4.57 Å². The standard InChI is InChI=1S/C46H62Cl2N6O10S/c1-2-7-33(45(59)60)42-41(30-10-12-31(47)13-11-30)34-28-32(48)14-15-36(34)54(44(42)58)21-20-51-40(57)17-16-39(56)50-19-6-23-63-25-27-64-26-24-62-22-5-18-49-38(55)9-4-3-8-37-43-35(29-65-37)52-46(61)53-43/h10-15,28,33,35,37,43H,2-9,16-27,29H2,1H3,(H,49,55)(H,50,56)(H,51,57)(H,59,60)(H2,52,53,61)/t33-,35+,37+,43+/m0/s1. The Balaban J connectivity index is 0.884. The van der Waals surface area contributed by atoms with Crippen LogP contribution in [0.4, 0.5) is 4.79 Å². The predicted octanol–water partition coefficient (Wildman–Crippen LogP) is 5.63. The van der Waals surface area contributed by atoms with Crippen molar-refractivity contribution in [2.75, 3.05) is 65.0 Å². The Morgan fingerprint density at radius 2 is 1.38 bits per heavy atom. The van der Waals surface area contributed by atoms with Crippen LogP contribution in [0.1, 0.15) is 82.6 Å². The lowest BCUT2D eigenvalue weighted by molar-refractivity contribution is -0.139. The number of carbonyl (C=O) groups excluding carboxylic acids is 4. The van der Waals surface area contributed by atoms with Crippen molar-refractivity contribution in [3.8, 4) is 11.1 Å². The molecule has 0 saturated carbocycles. The fourth-order valence-electron chi connectivity index (χ4n) is 8.02. The van der Waals surface area contributed by atoms with E-state index in [1.807, 2.05) is 18.7 Å². The largest absolute Gasteiger partial charge is 0.481 e. The van der Waals surface area contributed by atoms with Crippen LogP contribution in [0.15, 0.2) is 47.3 Å². The maximum absolute atomic E-state index is 14.2. The number of pyridine rings is 1. The van der Waals surface area contributed by atoms with E-state index in [4.69, 9.17) is 37.4 Å². The molecule has 19 heteroatoms. The molecule has 356 valence electrons. The number of unbranched alkanes of at least 4 members (excludes halogenated alkanes) is 1. The molecular formula is C46H62Cl2N6O10S. The smallest absolute Gasteiger partial charge is 0.315 e. The Bertz CT molecular complexity index is 2130. The third kappa shape index (κ3) is 16.2. The zero-order valence-electron chi connectivity index (χ0n) is 36.9. The number of urea groups is 1. The molecule has 3 heterocycles. The number of nitrogens with zero attached hydrogens (tertiary/aromatic N) is 1. The van der Waals surface area contributed by atoms with Crippen LogP contribution in [-0.4, -0.2) is 122 Å². The van der Waals surface area contributed by atoms with E-state index >= 15 is 0 Å². The van der Waals surface area contributed by atoms with Gasteiger partial charge in [0.25, 0.3) is 5.56 Å². The van der Waals surface area contributed by atoms with Gasteiger partial charge in [0.1, 0.15) is 0 Å². The Labute approximate surface area is 393 Å². The molecule has 2 aliphatic rings. The van der Waals surface area contributed by atoms with Crippen molar-refractivity contribution < 1.29 is 43.3 Å². The predicted molar refractivity (Wildman–Crippen MR) is 253 cm³/mol. The molecule has 1 aromatic heterocycles. The van der Waals surface area contributed by atoms with E-state index in [0.29, 0.717) is 116 Å². The van der Waals surface area contributed by atoms with Crippen molar-refractivity contribution in [3.05, 3.63) is 68.4 Å². The van der Waals surface area contributed by atoms with Crippen LogP contribution in [0.2, 0.25) is 10.0 Å². The van der Waals surface area contributed by atoms with Gasteiger partial charge >= 0.3 is 12.0 Å². The Morgan fingerprint density at radius 1 is 0.785 bits per heavy atom. The van der Waals surface area contributed by atoms with E-state index in [1.54, 1.807) is 42.5 Å². The number of thioether (sulfide) groups is 1. The highest BCUT2D eigenvalue weighted by atomic mass is 35.5. The van der Waals surface area contributed by atoms with Gasteiger partial charge in [0.15, 0.2) is 0 Å². The van der Waals surface area contributed by atoms with Crippen molar-refractivity contribution in [1.29, 1.82) is 0 Å². The number of carboxylic acids is 1. The van der Waals surface area contributed by atoms with Crippen LogP contribution in [0.25, 0.3) is 22.0 Å². The molecule has 6 N–H and O–H groups in total. The number of amides is 5. The van der Waals surface area contributed by atoms with E-state index in [0.717, 1.165) is 25.0 Å². The number of hydrogen-bond donors (Lipinski definition) is 6. The normalized spacial score (nSPS) is 17.0. The fraction of sp³-hybridized carbons (Fsp3) is 0.565. The number of aliphatic carboxylic acids is 1. The van der Waals surface area contributed by atoms with Gasteiger partial charge in [-0.15, -0.1) is 0 Å². The Morgan fingerprint density at radius 3 is 2.02 bits per heavy atom. The van der Waals surface area contributed by atoms with E-state index < -0.39 is 17.4 Å². The molecule has 0 radical (unpaired) electrons. The summed E-state index contributed by atoms with van der Waals surface area (Å²) in [5.74, 6) is -1.83. The molecule has 2 aromatic carbocycles. The molecular weight excluding hydrogens is 900 g/mol. The number of benzene rings is 2. The van der Waals surface area contributed by atoms with E-state index in [-0.39, 0.29) is 73.8 Å². The van der Waals surface area contributed by atoms with Gasteiger partial charge in [-0.2, -0.15) is 11.8 Å². The first-order chi connectivity index (χ1) is 31.5. The lowest BCUT2D eigenvalue weighted by atomic mass is 9.86. The van der Waals surface area contributed by atoms with Crippen molar-refractivity contribution in [2.45, 2.75) is 101 Å². The van der Waals surface area contributed by atoms with Gasteiger partial charge in [-0.25, -0.2) is 4.79 Å². The van der Waals surface area contributed by atoms with Gasteiger partial charge in [-0.05, 0) is 68.0 Å². The van der Waals surface area contributed by atoms with Crippen LogP contribution in [0.3, 0.4) is 0 Å². The molecule has 5 amide bonds. The van der Waals surface area contributed by atoms with Crippen LogP contribution in [0.5, 0.6) is 0 Å². The second kappa shape index (κ2) is 27.3. The highest BCUT2D eigenvalue weighted by molar-refractivity contribution is 8.00. The molecule has 5 rings (SSSR count). The van der Waals surface area contributed by atoms with Gasteiger partial charge in [0.05, 0.1) is 49.9 Å². The molecule has 0 aliphatic carbocycles. The minimum Gasteiger partial charge on any atom is -0.481 e. The monoisotopic (exact) mass is 960 g/mol. The number of nitrogens with one attached hydrogen (secondary N) is 5. The third-order valence-corrected chi connectivity index (χ3v) is 13.3. The average molecular weight is 962 g/mol. The fourth-order valence-corrected chi connectivity index (χ4v) is 9.86. The number of aromatic nitrogens is 1. The topological polar surface area (TPSA) is 215 Å². The van der Waals surface area contributed by atoms with E-state index in [2.05, 4.69) is 26.6 Å². The zero-order chi connectivity index (χ0) is 46.6. The summed E-state index contributed by atoms with van der Waals surface area (Å²) in [6.45, 7) is 5.57. The SMILES string of the molecule is CCC[C@H](C(=O)O)c1c(-c2ccc(Cl)cc2)c2cc(Cl)ccc2n(CCNC(=O)CCC(=O)NCCCOCCOCCOCCCNC(=O)CCCC[C@H]2SC[C@H]3NC(=O)N[C@H]32)c1=O. The summed E-state index contributed by atoms with van der Waals surface area (Å²) < 4.78 is 18.2. The van der Waals surface area contributed by atoms with Crippen molar-refractivity contribution in [3.63, 3.8) is 0 Å². The number of carboxylic acid groups (broad SMARTS) is 1. The summed E-state index contributed by atoms with van der Waals surface area (Å²) >= 11 is 14.5. The lowest BCUT2D eigenvalue weighted by Gasteiger charge is -2.22. The quantitative estimate of drug-likeness (QED) is 0.0356. The molecule has 2 fully saturated rings. The molecule has 16 nitrogen and oxygen atoms in total. The number of halogens is 2. The van der Waals surface area contributed by atoms with Crippen molar-refractivity contribution >= 4 is 75.6 Å². The number of ether oxygens (including phenoxy) is 3.